The SMILES string of the molecule is O=S(=O)(Cc1ccccc1F)NCc1ccccc1CN1CCCC1. The first-order valence-electron chi connectivity index (χ1n) is 8.53. The van der Waals surface area contributed by atoms with Crippen molar-refractivity contribution in [1.29, 1.82) is 0 Å². The van der Waals surface area contributed by atoms with Crippen LogP contribution in [0.1, 0.15) is 29.5 Å². The lowest BCUT2D eigenvalue weighted by atomic mass is 10.1. The summed E-state index contributed by atoms with van der Waals surface area (Å²) in [7, 11) is -3.60. The van der Waals surface area contributed by atoms with Crippen LogP contribution in [0, 0.1) is 5.82 Å². The Bertz CT molecular complexity index is 818. The molecule has 2 aromatic rings. The average Bonchev–Trinajstić information content (AvgIpc) is 3.09. The van der Waals surface area contributed by atoms with E-state index in [9.17, 15) is 12.8 Å². The van der Waals surface area contributed by atoms with Crippen LogP contribution >= 0.6 is 0 Å². The van der Waals surface area contributed by atoms with Crippen LogP contribution in [0.15, 0.2) is 48.5 Å². The summed E-state index contributed by atoms with van der Waals surface area (Å²) >= 11 is 0. The molecule has 0 radical (unpaired) electrons. The van der Waals surface area contributed by atoms with Gasteiger partial charge in [-0.25, -0.2) is 17.5 Å². The Balaban J connectivity index is 1.65. The first-order chi connectivity index (χ1) is 12.0. The Morgan fingerprint density at radius 1 is 0.920 bits per heavy atom. The van der Waals surface area contributed by atoms with E-state index in [1.807, 2.05) is 24.3 Å². The predicted octanol–water partition coefficient (Wildman–Crippen LogP) is 3.04. The van der Waals surface area contributed by atoms with E-state index in [2.05, 4.69) is 9.62 Å². The molecular weight excluding hydrogens is 339 g/mol. The Morgan fingerprint density at radius 2 is 1.52 bits per heavy atom. The maximum Gasteiger partial charge on any atom is 0.216 e. The van der Waals surface area contributed by atoms with Gasteiger partial charge in [-0.05, 0) is 43.1 Å². The number of likely N-dealkylation sites (tertiary alicyclic amines) is 1. The number of hydrogen-bond acceptors (Lipinski definition) is 3. The minimum Gasteiger partial charge on any atom is -0.299 e. The van der Waals surface area contributed by atoms with Crippen LogP contribution in [-0.4, -0.2) is 26.4 Å². The Hall–Kier alpha value is -1.76. The molecule has 0 unspecified atom stereocenters. The van der Waals surface area contributed by atoms with Crippen molar-refractivity contribution in [2.45, 2.75) is 31.7 Å². The summed E-state index contributed by atoms with van der Waals surface area (Å²) in [5, 5.41) is 0. The zero-order chi connectivity index (χ0) is 17.7. The summed E-state index contributed by atoms with van der Waals surface area (Å²) < 4.78 is 40.9. The van der Waals surface area contributed by atoms with Crippen LogP contribution in [0.3, 0.4) is 0 Å². The molecule has 1 heterocycles. The Labute approximate surface area is 148 Å². The summed E-state index contributed by atoms with van der Waals surface area (Å²) in [5.41, 5.74) is 2.28. The standard InChI is InChI=1S/C19H23FN2O2S/c20-19-10-4-3-9-18(19)15-25(23,24)21-13-16-7-1-2-8-17(16)14-22-11-5-6-12-22/h1-4,7-10,21H,5-6,11-15H2. The molecule has 0 amide bonds. The molecule has 4 nitrogen and oxygen atoms in total. The summed E-state index contributed by atoms with van der Waals surface area (Å²) in [6, 6.07) is 13.8. The highest BCUT2D eigenvalue weighted by Gasteiger charge is 2.16. The molecule has 1 saturated heterocycles. The van der Waals surface area contributed by atoms with E-state index in [0.717, 1.165) is 30.8 Å². The van der Waals surface area contributed by atoms with E-state index < -0.39 is 15.8 Å². The van der Waals surface area contributed by atoms with Gasteiger partial charge in [0.2, 0.25) is 10.0 Å². The highest BCUT2D eigenvalue weighted by atomic mass is 32.2. The van der Waals surface area contributed by atoms with Crippen molar-refractivity contribution in [2.75, 3.05) is 13.1 Å². The molecule has 0 spiro atoms. The quantitative estimate of drug-likeness (QED) is 0.824. The van der Waals surface area contributed by atoms with E-state index in [4.69, 9.17) is 0 Å². The molecule has 0 bridgehead atoms. The lowest BCUT2D eigenvalue weighted by molar-refractivity contribution is 0.330. The van der Waals surface area contributed by atoms with Gasteiger partial charge in [0.25, 0.3) is 0 Å². The first kappa shape index (κ1) is 18.0. The second-order valence-corrected chi connectivity index (χ2v) is 8.23. The molecule has 2 aromatic carbocycles. The van der Waals surface area contributed by atoms with Gasteiger partial charge in [-0.1, -0.05) is 42.5 Å². The molecule has 25 heavy (non-hydrogen) atoms. The number of nitrogens with zero attached hydrogens (tertiary/aromatic N) is 1. The fourth-order valence-electron chi connectivity index (χ4n) is 3.12. The maximum absolute atomic E-state index is 13.7. The monoisotopic (exact) mass is 362 g/mol. The van der Waals surface area contributed by atoms with Gasteiger partial charge in [-0.2, -0.15) is 0 Å². The topological polar surface area (TPSA) is 49.4 Å². The van der Waals surface area contributed by atoms with Gasteiger partial charge in [0, 0.05) is 18.7 Å². The van der Waals surface area contributed by atoms with Crippen molar-refractivity contribution in [3.63, 3.8) is 0 Å². The largest absolute Gasteiger partial charge is 0.299 e. The highest BCUT2D eigenvalue weighted by molar-refractivity contribution is 7.88. The average molecular weight is 362 g/mol. The van der Waals surface area contributed by atoms with Crippen LogP contribution < -0.4 is 4.72 Å². The van der Waals surface area contributed by atoms with E-state index in [-0.39, 0.29) is 17.9 Å². The number of benzene rings is 2. The molecule has 0 saturated carbocycles. The molecule has 134 valence electrons. The number of nitrogens with one attached hydrogen (secondary N) is 1. The zero-order valence-electron chi connectivity index (χ0n) is 14.1. The molecule has 1 N–H and O–H groups in total. The summed E-state index contributed by atoms with van der Waals surface area (Å²) in [6.45, 7) is 3.24. The molecular formula is C19H23FN2O2S. The highest BCUT2D eigenvalue weighted by Crippen LogP contribution is 2.17. The minimum atomic E-state index is -3.60. The van der Waals surface area contributed by atoms with Gasteiger partial charge >= 0.3 is 0 Å². The normalized spacial score (nSPS) is 15.6. The molecule has 3 rings (SSSR count). The predicted molar refractivity (Wildman–Crippen MR) is 96.8 cm³/mol. The first-order valence-corrected chi connectivity index (χ1v) is 10.2. The molecule has 1 aliphatic rings. The van der Waals surface area contributed by atoms with Crippen molar-refractivity contribution in [2.24, 2.45) is 0 Å². The second kappa shape index (κ2) is 8.08. The second-order valence-electron chi connectivity index (χ2n) is 6.42. The molecule has 0 atom stereocenters. The van der Waals surface area contributed by atoms with Gasteiger partial charge in [-0.3, -0.25) is 4.90 Å². The minimum absolute atomic E-state index is 0.181. The van der Waals surface area contributed by atoms with Crippen molar-refractivity contribution >= 4 is 10.0 Å². The van der Waals surface area contributed by atoms with Crippen molar-refractivity contribution in [3.8, 4) is 0 Å². The van der Waals surface area contributed by atoms with Gasteiger partial charge in [-0.15, -0.1) is 0 Å². The third kappa shape index (κ3) is 5.11. The maximum atomic E-state index is 13.7. The lowest BCUT2D eigenvalue weighted by Gasteiger charge is -2.17. The molecule has 6 heteroatoms. The van der Waals surface area contributed by atoms with Crippen LogP contribution in [0.2, 0.25) is 0 Å². The van der Waals surface area contributed by atoms with E-state index in [1.54, 1.807) is 12.1 Å². The Kier molecular flexibility index (Phi) is 5.83. The van der Waals surface area contributed by atoms with Crippen LogP contribution in [0.4, 0.5) is 4.39 Å². The van der Waals surface area contributed by atoms with Crippen LogP contribution in [0.25, 0.3) is 0 Å². The van der Waals surface area contributed by atoms with Gasteiger partial charge in [0.05, 0.1) is 5.75 Å². The number of halogens is 1. The summed E-state index contributed by atoms with van der Waals surface area (Å²) in [5.74, 6) is -0.851. The van der Waals surface area contributed by atoms with E-state index in [0.29, 0.717) is 0 Å². The van der Waals surface area contributed by atoms with Crippen LogP contribution in [0.5, 0.6) is 0 Å². The fraction of sp³-hybridized carbons (Fsp3) is 0.368. The number of sulfonamides is 1. The van der Waals surface area contributed by atoms with Crippen molar-refractivity contribution in [3.05, 3.63) is 71.0 Å². The third-order valence-electron chi connectivity index (χ3n) is 4.50. The third-order valence-corrected chi connectivity index (χ3v) is 5.77. The van der Waals surface area contributed by atoms with Crippen LogP contribution in [-0.2, 0) is 28.9 Å². The van der Waals surface area contributed by atoms with E-state index in [1.165, 1.54) is 25.0 Å². The molecule has 1 fully saturated rings. The molecule has 1 aliphatic heterocycles. The molecule has 0 aromatic heterocycles. The fourth-order valence-corrected chi connectivity index (χ4v) is 4.25. The smallest absolute Gasteiger partial charge is 0.216 e. The van der Waals surface area contributed by atoms with Gasteiger partial charge in [0.15, 0.2) is 0 Å². The zero-order valence-corrected chi connectivity index (χ0v) is 14.9. The summed E-state index contributed by atoms with van der Waals surface area (Å²) in [6.07, 6.45) is 2.44. The van der Waals surface area contributed by atoms with E-state index >= 15 is 0 Å². The van der Waals surface area contributed by atoms with Crippen molar-refractivity contribution in [1.82, 2.24) is 9.62 Å². The van der Waals surface area contributed by atoms with Gasteiger partial charge in [0.1, 0.15) is 5.82 Å². The van der Waals surface area contributed by atoms with Crippen molar-refractivity contribution < 1.29 is 12.8 Å². The summed E-state index contributed by atoms with van der Waals surface area (Å²) in [4.78, 5) is 2.38. The Morgan fingerprint density at radius 3 is 2.20 bits per heavy atom. The lowest BCUT2D eigenvalue weighted by Crippen LogP contribution is -2.26. The number of hydrogen-bond donors (Lipinski definition) is 1. The molecule has 0 aliphatic carbocycles. The number of rotatable bonds is 7. The van der Waals surface area contributed by atoms with Gasteiger partial charge < -0.3 is 0 Å².